The smallest absolute Gasteiger partial charge is 0.306 e. The number of anilines is 1. The average molecular weight is 345 g/mol. The molecule has 5 heteroatoms. The Balaban J connectivity index is 1.45. The van der Waals surface area contributed by atoms with Crippen LogP contribution in [-0.2, 0) is 22.6 Å². The summed E-state index contributed by atoms with van der Waals surface area (Å²) < 4.78 is 31.8. The van der Waals surface area contributed by atoms with E-state index in [1.165, 1.54) is 0 Å². The Morgan fingerprint density at radius 1 is 1.04 bits per heavy atom. The lowest BCUT2D eigenvalue weighted by molar-refractivity contribution is -0.144. The number of rotatable bonds is 6. The van der Waals surface area contributed by atoms with Gasteiger partial charge in [-0.3, -0.25) is 4.79 Å². The Morgan fingerprint density at radius 2 is 1.76 bits per heavy atom. The highest BCUT2D eigenvalue weighted by Crippen LogP contribution is 2.30. The van der Waals surface area contributed by atoms with Crippen LogP contribution in [0.5, 0.6) is 0 Å². The van der Waals surface area contributed by atoms with Gasteiger partial charge in [-0.05, 0) is 29.7 Å². The summed E-state index contributed by atoms with van der Waals surface area (Å²) in [6, 6.07) is 17.0. The Bertz CT molecular complexity index is 701. The Kier molecular flexibility index (Phi) is 5.31. The number of carbonyl (C=O) groups is 1. The molecular formula is C20H21F2NO2. The van der Waals surface area contributed by atoms with Crippen molar-refractivity contribution in [3.05, 3.63) is 65.7 Å². The average Bonchev–Trinajstić information content (AvgIpc) is 2.99. The summed E-state index contributed by atoms with van der Waals surface area (Å²) in [5, 5.41) is 0. The molecule has 0 radical (unpaired) electrons. The Labute approximate surface area is 146 Å². The second-order valence-electron chi connectivity index (χ2n) is 6.34. The number of halogens is 2. The molecule has 1 aliphatic rings. The van der Waals surface area contributed by atoms with Crippen LogP contribution in [0.1, 0.15) is 24.0 Å². The van der Waals surface area contributed by atoms with E-state index in [1.807, 2.05) is 54.6 Å². The number of hydrogen-bond acceptors (Lipinski definition) is 3. The molecule has 0 amide bonds. The maximum absolute atomic E-state index is 13.3. The summed E-state index contributed by atoms with van der Waals surface area (Å²) >= 11 is 0. The van der Waals surface area contributed by atoms with Crippen LogP contribution in [0.3, 0.4) is 0 Å². The van der Waals surface area contributed by atoms with E-state index in [0.29, 0.717) is 19.4 Å². The summed E-state index contributed by atoms with van der Waals surface area (Å²) in [5.74, 6) is -2.84. The lowest BCUT2D eigenvalue weighted by Crippen LogP contribution is -2.24. The molecule has 1 heterocycles. The number of benzene rings is 2. The minimum atomic E-state index is -2.60. The third-order valence-electron chi connectivity index (χ3n) is 4.33. The fourth-order valence-corrected chi connectivity index (χ4v) is 2.89. The number of alkyl halides is 2. The van der Waals surface area contributed by atoms with Crippen LogP contribution in [0.2, 0.25) is 0 Å². The van der Waals surface area contributed by atoms with Crippen molar-refractivity contribution in [1.82, 2.24) is 0 Å². The van der Waals surface area contributed by atoms with Gasteiger partial charge in [-0.15, -0.1) is 0 Å². The molecule has 0 atom stereocenters. The van der Waals surface area contributed by atoms with Crippen molar-refractivity contribution >= 4 is 11.7 Å². The molecule has 3 rings (SSSR count). The van der Waals surface area contributed by atoms with Crippen molar-refractivity contribution in [3.8, 4) is 0 Å². The summed E-state index contributed by atoms with van der Waals surface area (Å²) in [7, 11) is 0. The van der Waals surface area contributed by atoms with Gasteiger partial charge >= 0.3 is 5.97 Å². The third-order valence-corrected chi connectivity index (χ3v) is 4.33. The van der Waals surface area contributed by atoms with E-state index in [0.717, 1.165) is 16.8 Å². The molecule has 25 heavy (non-hydrogen) atoms. The lowest BCUT2D eigenvalue weighted by Gasteiger charge is -2.18. The van der Waals surface area contributed by atoms with Crippen molar-refractivity contribution in [3.63, 3.8) is 0 Å². The fraction of sp³-hybridized carbons (Fsp3) is 0.350. The number of carbonyl (C=O) groups excluding carboxylic acids is 1. The van der Waals surface area contributed by atoms with Crippen LogP contribution in [0.15, 0.2) is 54.6 Å². The van der Waals surface area contributed by atoms with Crippen molar-refractivity contribution in [2.24, 2.45) is 0 Å². The molecule has 2 aromatic rings. The van der Waals surface area contributed by atoms with Crippen LogP contribution >= 0.6 is 0 Å². The van der Waals surface area contributed by atoms with E-state index in [9.17, 15) is 13.6 Å². The highest BCUT2D eigenvalue weighted by molar-refractivity contribution is 5.69. The van der Waals surface area contributed by atoms with Crippen LogP contribution in [0.25, 0.3) is 0 Å². The predicted octanol–water partition coefficient (Wildman–Crippen LogP) is 4.21. The zero-order valence-corrected chi connectivity index (χ0v) is 14.0. The van der Waals surface area contributed by atoms with Crippen molar-refractivity contribution in [2.45, 2.75) is 31.8 Å². The van der Waals surface area contributed by atoms with Gasteiger partial charge in [-0.1, -0.05) is 42.5 Å². The van der Waals surface area contributed by atoms with Gasteiger partial charge in [0.15, 0.2) is 0 Å². The van der Waals surface area contributed by atoms with E-state index < -0.39 is 5.92 Å². The first-order chi connectivity index (χ1) is 12.0. The summed E-state index contributed by atoms with van der Waals surface area (Å²) in [5.41, 5.74) is 2.75. The zero-order valence-electron chi connectivity index (χ0n) is 14.0. The van der Waals surface area contributed by atoms with E-state index in [2.05, 4.69) is 0 Å². The normalized spacial score (nSPS) is 16.0. The standard InChI is InChI=1S/C20H21F2NO2/c21-20(22)12-13-23(15-20)18-9-6-16(7-10-18)8-11-19(24)25-14-17-4-2-1-3-5-17/h1-7,9-10H,8,11-15H2. The van der Waals surface area contributed by atoms with Crippen LogP contribution in [0, 0.1) is 0 Å². The summed E-state index contributed by atoms with van der Waals surface area (Å²) in [6.07, 6.45) is 0.778. The van der Waals surface area contributed by atoms with Gasteiger partial charge < -0.3 is 9.64 Å². The predicted molar refractivity (Wildman–Crippen MR) is 92.8 cm³/mol. The number of aryl methyl sites for hydroxylation is 1. The zero-order chi connectivity index (χ0) is 17.7. The highest BCUT2D eigenvalue weighted by Gasteiger charge is 2.38. The third kappa shape index (κ3) is 5.02. The first-order valence-corrected chi connectivity index (χ1v) is 8.43. The number of nitrogens with zero attached hydrogens (tertiary/aromatic N) is 1. The Morgan fingerprint density at radius 3 is 2.40 bits per heavy atom. The summed E-state index contributed by atoms with van der Waals surface area (Å²) in [6.45, 7) is 0.429. The van der Waals surface area contributed by atoms with Crippen molar-refractivity contribution in [2.75, 3.05) is 18.0 Å². The topological polar surface area (TPSA) is 29.5 Å². The molecule has 0 aliphatic carbocycles. The van der Waals surface area contributed by atoms with Gasteiger partial charge in [0, 0.05) is 25.1 Å². The molecule has 1 fully saturated rings. The van der Waals surface area contributed by atoms with E-state index in [4.69, 9.17) is 4.74 Å². The molecular weight excluding hydrogens is 324 g/mol. The summed E-state index contributed by atoms with van der Waals surface area (Å²) in [4.78, 5) is 13.5. The molecule has 0 bridgehead atoms. The fourth-order valence-electron chi connectivity index (χ4n) is 2.89. The van der Waals surface area contributed by atoms with Crippen molar-refractivity contribution < 1.29 is 18.3 Å². The van der Waals surface area contributed by atoms with E-state index in [-0.39, 0.29) is 25.5 Å². The monoisotopic (exact) mass is 345 g/mol. The molecule has 2 aromatic carbocycles. The van der Waals surface area contributed by atoms with Gasteiger partial charge in [-0.25, -0.2) is 8.78 Å². The molecule has 0 spiro atoms. The number of ether oxygens (including phenoxy) is 1. The maximum Gasteiger partial charge on any atom is 0.306 e. The first kappa shape index (κ1) is 17.4. The van der Waals surface area contributed by atoms with Gasteiger partial charge in [0.25, 0.3) is 5.92 Å². The molecule has 1 saturated heterocycles. The molecule has 0 N–H and O–H groups in total. The number of hydrogen-bond donors (Lipinski definition) is 0. The molecule has 3 nitrogen and oxygen atoms in total. The molecule has 0 aromatic heterocycles. The highest BCUT2D eigenvalue weighted by atomic mass is 19.3. The second-order valence-corrected chi connectivity index (χ2v) is 6.34. The second kappa shape index (κ2) is 7.64. The van der Waals surface area contributed by atoms with Crippen LogP contribution in [-0.4, -0.2) is 25.0 Å². The lowest BCUT2D eigenvalue weighted by atomic mass is 10.1. The Hall–Kier alpha value is -2.43. The van der Waals surface area contributed by atoms with Gasteiger partial charge in [-0.2, -0.15) is 0 Å². The van der Waals surface area contributed by atoms with Gasteiger partial charge in [0.1, 0.15) is 6.61 Å². The van der Waals surface area contributed by atoms with Crippen LogP contribution < -0.4 is 4.90 Å². The molecule has 0 saturated carbocycles. The molecule has 1 aliphatic heterocycles. The minimum Gasteiger partial charge on any atom is -0.461 e. The van der Waals surface area contributed by atoms with Gasteiger partial charge in [0.05, 0.1) is 6.54 Å². The van der Waals surface area contributed by atoms with Crippen molar-refractivity contribution in [1.29, 1.82) is 0 Å². The van der Waals surface area contributed by atoms with E-state index >= 15 is 0 Å². The molecule has 0 unspecified atom stereocenters. The molecule has 132 valence electrons. The SMILES string of the molecule is O=C(CCc1ccc(N2CCC(F)(F)C2)cc1)OCc1ccccc1. The van der Waals surface area contributed by atoms with E-state index in [1.54, 1.807) is 4.90 Å². The van der Waals surface area contributed by atoms with Crippen LogP contribution in [0.4, 0.5) is 14.5 Å². The quantitative estimate of drug-likeness (QED) is 0.735. The number of esters is 1. The largest absolute Gasteiger partial charge is 0.461 e. The minimum absolute atomic E-state index is 0.0952. The maximum atomic E-state index is 13.3. The van der Waals surface area contributed by atoms with Gasteiger partial charge in [0.2, 0.25) is 0 Å². The first-order valence-electron chi connectivity index (χ1n) is 8.43.